The Hall–Kier alpha value is -0.200. The van der Waals surface area contributed by atoms with Gasteiger partial charge in [-0.05, 0) is 33.6 Å². The fraction of sp³-hybridized carbons (Fsp3) is 1.00. The molecule has 0 unspecified atom stereocenters. The van der Waals surface area contributed by atoms with Gasteiger partial charge in [0.25, 0.3) is 5.97 Å². The first-order valence-corrected chi connectivity index (χ1v) is 7.28. The molecule has 0 aromatic heterocycles. The average molecular weight is 272 g/mol. The second-order valence-corrected chi connectivity index (χ2v) is 6.06. The Morgan fingerprint density at radius 2 is 1.47 bits per heavy atom. The summed E-state index contributed by atoms with van der Waals surface area (Å²) >= 11 is 0. The molecule has 0 aromatic carbocycles. The van der Waals surface area contributed by atoms with E-state index in [-0.39, 0.29) is 30.7 Å². The van der Waals surface area contributed by atoms with Crippen LogP contribution in [0.2, 0.25) is 0 Å². The molecule has 0 bridgehead atoms. The maximum Gasteiger partial charge on any atom is 0.283 e. The first kappa shape index (κ1) is 13.8. The molecule has 0 aromatic rings. The molecule has 3 saturated heterocycles. The minimum absolute atomic E-state index is 0.0813. The second kappa shape index (κ2) is 4.97. The molecule has 1 spiro atoms. The zero-order chi connectivity index (χ0) is 13.6. The van der Waals surface area contributed by atoms with Crippen molar-refractivity contribution in [3.05, 3.63) is 0 Å². The lowest BCUT2D eigenvalue weighted by Gasteiger charge is -2.21. The molecule has 5 nitrogen and oxygen atoms in total. The third kappa shape index (κ3) is 2.67. The molecule has 5 heteroatoms. The van der Waals surface area contributed by atoms with Crippen LogP contribution in [0.1, 0.15) is 40.5 Å². The largest absolute Gasteiger partial charge is 0.347 e. The number of hydrogen-bond donors (Lipinski definition) is 0. The van der Waals surface area contributed by atoms with Gasteiger partial charge in [-0.25, -0.2) is 0 Å². The molecule has 3 aliphatic heterocycles. The van der Waals surface area contributed by atoms with Crippen molar-refractivity contribution in [1.29, 1.82) is 0 Å². The monoisotopic (exact) mass is 272 g/mol. The lowest BCUT2D eigenvalue weighted by molar-refractivity contribution is -0.317. The van der Waals surface area contributed by atoms with E-state index in [2.05, 4.69) is 0 Å². The van der Waals surface area contributed by atoms with E-state index in [1.807, 2.05) is 27.7 Å². The molecule has 0 N–H and O–H groups in total. The second-order valence-electron chi connectivity index (χ2n) is 6.06. The first-order chi connectivity index (χ1) is 8.97. The highest BCUT2D eigenvalue weighted by Gasteiger charge is 2.51. The van der Waals surface area contributed by atoms with Crippen LogP contribution in [0.15, 0.2) is 0 Å². The van der Waals surface area contributed by atoms with E-state index in [0.29, 0.717) is 12.5 Å². The van der Waals surface area contributed by atoms with Crippen molar-refractivity contribution in [2.75, 3.05) is 6.61 Å². The van der Waals surface area contributed by atoms with Gasteiger partial charge in [0, 0.05) is 12.8 Å². The molecule has 3 aliphatic rings. The molecule has 0 aliphatic carbocycles. The predicted molar refractivity (Wildman–Crippen MR) is 67.4 cm³/mol. The molecule has 3 fully saturated rings. The third-order valence-corrected chi connectivity index (χ3v) is 4.39. The number of rotatable bonds is 2. The van der Waals surface area contributed by atoms with Gasteiger partial charge in [0.1, 0.15) is 0 Å². The van der Waals surface area contributed by atoms with Crippen molar-refractivity contribution in [3.63, 3.8) is 0 Å². The first-order valence-electron chi connectivity index (χ1n) is 7.28. The molecule has 19 heavy (non-hydrogen) atoms. The molecular weight excluding hydrogens is 248 g/mol. The van der Waals surface area contributed by atoms with Crippen LogP contribution >= 0.6 is 0 Å². The summed E-state index contributed by atoms with van der Waals surface area (Å²) in [5.41, 5.74) is 0. The summed E-state index contributed by atoms with van der Waals surface area (Å²) in [6.45, 7) is 8.77. The van der Waals surface area contributed by atoms with Crippen molar-refractivity contribution in [2.24, 2.45) is 5.92 Å². The zero-order valence-corrected chi connectivity index (χ0v) is 12.1. The van der Waals surface area contributed by atoms with Crippen LogP contribution in [0.3, 0.4) is 0 Å². The summed E-state index contributed by atoms with van der Waals surface area (Å²) in [7, 11) is 0. The number of ether oxygens (including phenoxy) is 5. The van der Waals surface area contributed by atoms with Crippen LogP contribution in [-0.4, -0.2) is 43.3 Å². The molecular formula is C14H24O5. The van der Waals surface area contributed by atoms with Crippen molar-refractivity contribution in [1.82, 2.24) is 0 Å². The summed E-state index contributed by atoms with van der Waals surface area (Å²) in [5, 5.41) is 0. The van der Waals surface area contributed by atoms with E-state index in [9.17, 15) is 0 Å². The molecule has 5 atom stereocenters. The number of hydrogen-bond acceptors (Lipinski definition) is 5. The fourth-order valence-electron chi connectivity index (χ4n) is 2.93. The van der Waals surface area contributed by atoms with Gasteiger partial charge in [-0.1, -0.05) is 0 Å². The molecule has 110 valence electrons. The van der Waals surface area contributed by atoms with Gasteiger partial charge in [-0.15, -0.1) is 0 Å². The Kier molecular flexibility index (Phi) is 3.60. The van der Waals surface area contributed by atoms with Gasteiger partial charge < -0.3 is 23.7 Å². The standard InChI is InChI=1S/C14H24O5/c1-8-9(2)17-13(16-8)5-12-6-14(15-7-12)18-10(3)11(4)19-14/h8-13H,5-7H2,1-4H3/t8-,9-,10-,11-,12+/m1/s1. The lowest BCUT2D eigenvalue weighted by atomic mass is 10.0. The third-order valence-electron chi connectivity index (χ3n) is 4.39. The summed E-state index contributed by atoms with van der Waals surface area (Å²) in [6, 6.07) is 0. The van der Waals surface area contributed by atoms with E-state index in [1.54, 1.807) is 0 Å². The SMILES string of the molecule is C[C@H]1OC(C[C@@H]2COC3(C2)O[C@H](C)[C@@H](C)O3)O[C@@H]1C. The highest BCUT2D eigenvalue weighted by atomic mass is 16.9. The van der Waals surface area contributed by atoms with Gasteiger partial charge >= 0.3 is 0 Å². The molecule has 3 heterocycles. The van der Waals surface area contributed by atoms with E-state index in [1.165, 1.54) is 0 Å². The molecule has 3 rings (SSSR count). The van der Waals surface area contributed by atoms with Gasteiger partial charge in [0.2, 0.25) is 0 Å². The minimum Gasteiger partial charge on any atom is -0.347 e. The molecule has 0 radical (unpaired) electrons. The Morgan fingerprint density at radius 1 is 0.895 bits per heavy atom. The normalized spacial score (nSPS) is 46.4. The van der Waals surface area contributed by atoms with Crippen molar-refractivity contribution in [3.8, 4) is 0 Å². The Labute approximate surface area is 114 Å². The van der Waals surface area contributed by atoms with Gasteiger partial charge in [-0.3, -0.25) is 0 Å². The maximum atomic E-state index is 5.83. The summed E-state index contributed by atoms with van der Waals surface area (Å²) < 4.78 is 29.0. The van der Waals surface area contributed by atoms with Crippen molar-refractivity contribution >= 4 is 0 Å². The van der Waals surface area contributed by atoms with Gasteiger partial charge in [0.05, 0.1) is 31.0 Å². The highest BCUT2D eigenvalue weighted by molar-refractivity contribution is 4.84. The van der Waals surface area contributed by atoms with Crippen molar-refractivity contribution < 1.29 is 23.7 Å². The van der Waals surface area contributed by atoms with Crippen molar-refractivity contribution in [2.45, 2.75) is 77.2 Å². The van der Waals surface area contributed by atoms with E-state index < -0.39 is 5.97 Å². The van der Waals surface area contributed by atoms with Gasteiger partial charge in [-0.2, -0.15) is 0 Å². The Morgan fingerprint density at radius 3 is 2.05 bits per heavy atom. The molecule has 0 saturated carbocycles. The van der Waals surface area contributed by atoms with Crippen LogP contribution in [0, 0.1) is 5.92 Å². The average Bonchev–Trinajstić information content (AvgIpc) is 2.93. The van der Waals surface area contributed by atoms with Crippen LogP contribution in [0.4, 0.5) is 0 Å². The highest BCUT2D eigenvalue weighted by Crippen LogP contribution is 2.42. The summed E-state index contributed by atoms with van der Waals surface area (Å²) in [5.74, 6) is -0.459. The Balaban J connectivity index is 1.53. The van der Waals surface area contributed by atoms with E-state index >= 15 is 0 Å². The predicted octanol–water partition coefficient (Wildman–Crippen LogP) is 2.04. The zero-order valence-electron chi connectivity index (χ0n) is 12.1. The lowest BCUT2D eigenvalue weighted by Crippen LogP contribution is -2.29. The quantitative estimate of drug-likeness (QED) is 0.770. The van der Waals surface area contributed by atoms with Gasteiger partial charge in [0.15, 0.2) is 6.29 Å². The maximum absolute atomic E-state index is 5.83. The van der Waals surface area contributed by atoms with Crippen LogP contribution in [0.25, 0.3) is 0 Å². The summed E-state index contributed by atoms with van der Waals surface area (Å²) in [4.78, 5) is 0. The minimum atomic E-state index is -0.820. The van der Waals surface area contributed by atoms with E-state index in [4.69, 9.17) is 23.7 Å². The van der Waals surface area contributed by atoms with Crippen LogP contribution < -0.4 is 0 Å². The van der Waals surface area contributed by atoms with E-state index in [0.717, 1.165) is 12.8 Å². The fourth-order valence-corrected chi connectivity index (χ4v) is 2.93. The Bertz CT molecular complexity index is 314. The van der Waals surface area contributed by atoms with Crippen LogP contribution in [-0.2, 0) is 23.7 Å². The summed E-state index contributed by atoms with van der Waals surface area (Å²) in [6.07, 6.45) is 1.97. The van der Waals surface area contributed by atoms with Crippen LogP contribution in [0.5, 0.6) is 0 Å². The molecule has 0 amide bonds. The topological polar surface area (TPSA) is 46.2 Å². The smallest absolute Gasteiger partial charge is 0.283 e.